The number of nitrogens with one attached hydrogen (secondary N) is 1. The molecule has 0 aliphatic carbocycles. The van der Waals surface area contributed by atoms with E-state index in [-0.39, 0.29) is 5.91 Å². The Hall–Kier alpha value is -2.60. The van der Waals surface area contributed by atoms with E-state index in [1.807, 2.05) is 24.4 Å². The fourth-order valence-corrected chi connectivity index (χ4v) is 3.15. The van der Waals surface area contributed by atoms with Crippen LogP contribution < -0.4 is 15.7 Å². The monoisotopic (exact) mass is 343 g/mol. The van der Waals surface area contributed by atoms with Crippen molar-refractivity contribution in [2.24, 2.45) is 0 Å². The molecule has 0 bridgehead atoms. The van der Waals surface area contributed by atoms with Crippen molar-refractivity contribution in [2.75, 3.05) is 13.2 Å². The molecule has 2 aromatic heterocycles. The van der Waals surface area contributed by atoms with Gasteiger partial charge in [-0.05, 0) is 36.9 Å². The van der Waals surface area contributed by atoms with Crippen LogP contribution in [0.4, 0.5) is 0 Å². The van der Waals surface area contributed by atoms with Gasteiger partial charge in [0.25, 0.3) is 5.91 Å². The third kappa shape index (κ3) is 3.65. The molecule has 5 nitrogen and oxygen atoms in total. The molecule has 0 saturated carbocycles. The molecule has 0 radical (unpaired) electrons. The second-order valence-corrected chi connectivity index (χ2v) is 6.19. The summed E-state index contributed by atoms with van der Waals surface area (Å²) in [7, 11) is 0. The van der Waals surface area contributed by atoms with Crippen molar-refractivity contribution in [1.82, 2.24) is 5.32 Å². The van der Waals surface area contributed by atoms with Gasteiger partial charge in [-0.15, -0.1) is 11.3 Å². The van der Waals surface area contributed by atoms with Crippen molar-refractivity contribution >= 4 is 28.2 Å². The summed E-state index contributed by atoms with van der Waals surface area (Å²) >= 11 is 1.65. The Labute approximate surface area is 142 Å². The molecule has 24 heavy (non-hydrogen) atoms. The summed E-state index contributed by atoms with van der Waals surface area (Å²) in [6, 6.07) is 10.4. The third-order valence-electron chi connectivity index (χ3n) is 3.51. The van der Waals surface area contributed by atoms with Gasteiger partial charge in [0.15, 0.2) is 0 Å². The highest BCUT2D eigenvalue weighted by Gasteiger charge is 2.13. The first-order valence-corrected chi connectivity index (χ1v) is 8.56. The Morgan fingerprint density at radius 3 is 2.92 bits per heavy atom. The maximum Gasteiger partial charge on any atom is 0.337 e. The van der Waals surface area contributed by atoms with Gasteiger partial charge in [0.05, 0.1) is 12.2 Å². The average Bonchev–Trinajstić information content (AvgIpc) is 3.07. The predicted molar refractivity (Wildman–Crippen MR) is 94.0 cm³/mol. The Bertz CT molecular complexity index is 899. The molecule has 0 saturated heterocycles. The molecule has 3 rings (SSSR count). The molecule has 1 N–H and O–H groups in total. The number of thiophene rings is 1. The first kappa shape index (κ1) is 16.3. The van der Waals surface area contributed by atoms with Gasteiger partial charge in [0.1, 0.15) is 11.3 Å². The number of carbonyl (C=O) groups excluding carboxylic acids is 1. The molecule has 1 aromatic carbocycles. The average molecular weight is 343 g/mol. The summed E-state index contributed by atoms with van der Waals surface area (Å²) in [6.45, 7) is 2.90. The van der Waals surface area contributed by atoms with Crippen LogP contribution in [0.3, 0.4) is 0 Å². The Morgan fingerprint density at radius 1 is 1.29 bits per heavy atom. The molecule has 0 spiro atoms. The van der Waals surface area contributed by atoms with Crippen LogP contribution in [0.5, 0.6) is 5.75 Å². The summed E-state index contributed by atoms with van der Waals surface area (Å²) < 4.78 is 10.6. The molecular formula is C18H17NO4S. The minimum atomic E-state index is -0.556. The van der Waals surface area contributed by atoms with Crippen molar-refractivity contribution in [3.05, 3.63) is 62.6 Å². The molecule has 3 aromatic rings. The highest BCUT2D eigenvalue weighted by molar-refractivity contribution is 7.09. The molecule has 2 heterocycles. The quantitative estimate of drug-likeness (QED) is 0.698. The predicted octanol–water partition coefficient (Wildman–Crippen LogP) is 3.23. The topological polar surface area (TPSA) is 68.5 Å². The molecule has 0 unspecified atom stereocenters. The van der Waals surface area contributed by atoms with E-state index < -0.39 is 5.63 Å². The highest BCUT2D eigenvalue weighted by Crippen LogP contribution is 2.22. The van der Waals surface area contributed by atoms with E-state index in [9.17, 15) is 9.59 Å². The van der Waals surface area contributed by atoms with Crippen LogP contribution in [-0.4, -0.2) is 19.1 Å². The molecule has 0 atom stereocenters. The second-order valence-electron chi connectivity index (χ2n) is 5.16. The number of fused-ring (bicyclic) bond motifs is 1. The van der Waals surface area contributed by atoms with Gasteiger partial charge < -0.3 is 14.5 Å². The molecule has 1 amide bonds. The van der Waals surface area contributed by atoms with Crippen molar-refractivity contribution < 1.29 is 13.9 Å². The zero-order valence-corrected chi connectivity index (χ0v) is 14.0. The maximum absolute atomic E-state index is 12.4. The normalized spacial score (nSPS) is 10.7. The first-order chi connectivity index (χ1) is 11.7. The number of benzene rings is 1. The number of ether oxygens (including phenoxy) is 1. The van der Waals surface area contributed by atoms with E-state index in [1.165, 1.54) is 10.9 Å². The van der Waals surface area contributed by atoms with Gasteiger partial charge in [0, 0.05) is 28.9 Å². The van der Waals surface area contributed by atoms with E-state index in [0.717, 1.165) is 6.42 Å². The van der Waals surface area contributed by atoms with Gasteiger partial charge in [0.2, 0.25) is 0 Å². The lowest BCUT2D eigenvalue weighted by Crippen LogP contribution is -2.26. The Balaban J connectivity index is 1.82. The van der Waals surface area contributed by atoms with Crippen LogP contribution >= 0.6 is 11.3 Å². The molecular weight excluding hydrogens is 326 g/mol. The fraction of sp³-hybridized carbons (Fsp3) is 0.222. The molecule has 6 heteroatoms. The highest BCUT2D eigenvalue weighted by atomic mass is 32.1. The molecule has 124 valence electrons. The summed E-state index contributed by atoms with van der Waals surface area (Å²) in [4.78, 5) is 25.4. The zero-order chi connectivity index (χ0) is 16.9. The van der Waals surface area contributed by atoms with E-state index in [4.69, 9.17) is 9.15 Å². The van der Waals surface area contributed by atoms with Gasteiger partial charge in [-0.1, -0.05) is 6.07 Å². The number of carbonyl (C=O) groups is 1. The fourth-order valence-electron chi connectivity index (χ4n) is 2.44. The summed E-state index contributed by atoms with van der Waals surface area (Å²) in [5, 5.41) is 5.44. The number of amides is 1. The number of hydrogen-bond donors (Lipinski definition) is 1. The van der Waals surface area contributed by atoms with Crippen molar-refractivity contribution in [2.45, 2.75) is 13.3 Å². The lowest BCUT2D eigenvalue weighted by Gasteiger charge is -2.08. The van der Waals surface area contributed by atoms with E-state index in [2.05, 4.69) is 5.32 Å². The Morgan fingerprint density at radius 2 is 2.17 bits per heavy atom. The Kier molecular flexibility index (Phi) is 4.96. The lowest BCUT2D eigenvalue weighted by molar-refractivity contribution is 0.0955. The molecule has 0 fully saturated rings. The minimum Gasteiger partial charge on any atom is -0.494 e. The van der Waals surface area contributed by atoms with Crippen LogP contribution in [0, 0.1) is 0 Å². The summed E-state index contributed by atoms with van der Waals surface area (Å²) in [6.07, 6.45) is 0.761. The molecule has 0 aliphatic heterocycles. The van der Waals surface area contributed by atoms with Crippen LogP contribution in [0.25, 0.3) is 11.0 Å². The lowest BCUT2D eigenvalue weighted by atomic mass is 10.1. The van der Waals surface area contributed by atoms with Crippen molar-refractivity contribution in [3.63, 3.8) is 0 Å². The largest absolute Gasteiger partial charge is 0.494 e. The van der Waals surface area contributed by atoms with Gasteiger partial charge in [-0.3, -0.25) is 4.79 Å². The standard InChI is InChI=1S/C18H17NO4S/c1-2-22-12-5-6-14-15(11-17(20)23-16(14)10-12)18(21)19-8-7-13-4-3-9-24-13/h3-6,9-11H,2,7-8H2,1H3,(H,19,21). The summed E-state index contributed by atoms with van der Waals surface area (Å²) in [5.74, 6) is 0.317. The van der Waals surface area contributed by atoms with E-state index in [0.29, 0.717) is 35.4 Å². The second kappa shape index (κ2) is 7.31. The van der Waals surface area contributed by atoms with Crippen LogP contribution in [0.15, 0.2) is 51.0 Å². The van der Waals surface area contributed by atoms with E-state index in [1.54, 1.807) is 29.5 Å². The molecule has 0 aliphatic rings. The minimum absolute atomic E-state index is 0.284. The van der Waals surface area contributed by atoms with Crippen molar-refractivity contribution in [1.29, 1.82) is 0 Å². The summed E-state index contributed by atoms with van der Waals surface area (Å²) in [5.41, 5.74) is 0.104. The smallest absolute Gasteiger partial charge is 0.337 e. The van der Waals surface area contributed by atoms with Gasteiger partial charge in [-0.2, -0.15) is 0 Å². The van der Waals surface area contributed by atoms with Gasteiger partial charge in [-0.25, -0.2) is 4.79 Å². The van der Waals surface area contributed by atoms with E-state index >= 15 is 0 Å². The van der Waals surface area contributed by atoms with Crippen LogP contribution in [0.2, 0.25) is 0 Å². The maximum atomic E-state index is 12.4. The van der Waals surface area contributed by atoms with Crippen LogP contribution in [0.1, 0.15) is 22.2 Å². The zero-order valence-electron chi connectivity index (χ0n) is 13.2. The number of hydrogen-bond acceptors (Lipinski definition) is 5. The third-order valence-corrected chi connectivity index (χ3v) is 4.44. The number of rotatable bonds is 6. The van der Waals surface area contributed by atoms with Crippen molar-refractivity contribution in [3.8, 4) is 5.75 Å². The first-order valence-electron chi connectivity index (χ1n) is 7.68. The van der Waals surface area contributed by atoms with Crippen LogP contribution in [-0.2, 0) is 6.42 Å². The van der Waals surface area contributed by atoms with Gasteiger partial charge >= 0.3 is 5.63 Å². The SMILES string of the molecule is CCOc1ccc2c(C(=O)NCCc3cccs3)cc(=O)oc2c1.